The van der Waals surface area contributed by atoms with Crippen molar-refractivity contribution >= 4 is 29.9 Å². The number of hydrogen-bond acceptors (Lipinski definition) is 8. The average molecular weight is 778 g/mol. The molecule has 288 valence electrons. The molecular formula is C31H34ClF10N7O3. The number of aryl methyl sites for hydroxylation is 1. The number of carbonyl (C=O) groups excluding carboxylic acids is 1. The highest BCUT2D eigenvalue weighted by Crippen LogP contribution is 2.49. The van der Waals surface area contributed by atoms with Gasteiger partial charge in [0.25, 0.3) is 5.95 Å². The first kappa shape index (κ1) is 40.5. The molecule has 1 aliphatic heterocycles. The summed E-state index contributed by atoms with van der Waals surface area (Å²) in [5.41, 5.74) is 2.05. The zero-order valence-electron chi connectivity index (χ0n) is 27.6. The largest absolute Gasteiger partial charge is 0.507 e. The number of aromatic nitrogens is 4. The molecule has 2 N–H and O–H groups in total. The number of ether oxygens (including phenoxy) is 2. The molecule has 2 aromatic carbocycles. The van der Waals surface area contributed by atoms with Crippen LogP contribution in [-0.2, 0) is 37.3 Å². The molecule has 5 rings (SSSR count). The van der Waals surface area contributed by atoms with Crippen molar-refractivity contribution in [2.45, 2.75) is 76.7 Å². The Morgan fingerprint density at radius 3 is 1.88 bits per heavy atom. The number of nitrogens with two attached hydrogens (primary N) is 1. The van der Waals surface area contributed by atoms with Gasteiger partial charge in [0.2, 0.25) is 5.91 Å². The summed E-state index contributed by atoms with van der Waals surface area (Å²) in [5, 5.41) is 11.6. The summed E-state index contributed by atoms with van der Waals surface area (Å²) >= 11 is 0. The number of carbonyl (C=O) groups is 1. The summed E-state index contributed by atoms with van der Waals surface area (Å²) in [7, 11) is 1.36. The van der Waals surface area contributed by atoms with E-state index < -0.39 is 71.8 Å². The number of nitrogens with zero attached hydrogens (tertiary/aromatic N) is 6. The zero-order chi connectivity index (χ0) is 37.5. The molecule has 0 radical (unpaired) electrons. The Bertz CT molecular complexity index is 1700. The van der Waals surface area contributed by atoms with Crippen molar-refractivity contribution in [3.05, 3.63) is 52.6 Å². The lowest BCUT2D eigenvalue weighted by molar-refractivity contribution is -0.391. The number of tetrazole rings is 1. The number of alkyl halides is 10. The lowest BCUT2D eigenvalue weighted by atomic mass is 9.80. The number of amides is 1. The lowest BCUT2D eigenvalue weighted by Gasteiger charge is -2.36. The van der Waals surface area contributed by atoms with E-state index in [1.165, 1.54) is 7.05 Å². The molecule has 0 bridgehead atoms. The molecule has 0 atom stereocenters. The molecule has 0 unspecified atom stereocenters. The Kier molecular flexibility index (Phi) is 11.7. The molecule has 1 saturated carbocycles. The highest BCUT2D eigenvalue weighted by atomic mass is 35.5. The summed E-state index contributed by atoms with van der Waals surface area (Å²) in [6.45, 7) is 1.23. The van der Waals surface area contributed by atoms with Gasteiger partial charge in [-0.2, -0.15) is 48.7 Å². The van der Waals surface area contributed by atoms with E-state index in [0.29, 0.717) is 44.4 Å². The van der Waals surface area contributed by atoms with Gasteiger partial charge in [-0.1, -0.05) is 5.10 Å². The standard InChI is InChI=1S/C31H33F10N7O3.ClH/c1-3-47(14-18-6-4-17(5-7-18)10-26(42)49)23-13-25-24(50-30(38,39)31(40,41)51-25)11-20(23)16-48(27-43-45-46(2)44-27)15-19-8-21(28(32,33)34)12-22(9-19)29(35,36)37;/h8-9,11-13,17-18H,3-7,10,14-16H2,1-2H3,(H2,42,49);1H. The summed E-state index contributed by atoms with van der Waals surface area (Å²) in [4.78, 5) is 15.3. The Labute approximate surface area is 296 Å². The van der Waals surface area contributed by atoms with Crippen LogP contribution in [0, 0.1) is 11.8 Å². The van der Waals surface area contributed by atoms with Crippen LogP contribution in [0.15, 0.2) is 30.3 Å². The van der Waals surface area contributed by atoms with Crippen molar-refractivity contribution in [3.8, 4) is 11.5 Å². The number of anilines is 2. The molecule has 10 nitrogen and oxygen atoms in total. The minimum absolute atomic E-state index is 0. The normalized spacial score (nSPS) is 19.5. The van der Waals surface area contributed by atoms with Crippen molar-refractivity contribution in [2.24, 2.45) is 24.6 Å². The van der Waals surface area contributed by atoms with E-state index in [2.05, 4.69) is 24.9 Å². The molecule has 1 fully saturated rings. The van der Waals surface area contributed by atoms with Crippen LogP contribution in [0.5, 0.6) is 11.5 Å². The Morgan fingerprint density at radius 1 is 0.865 bits per heavy atom. The summed E-state index contributed by atoms with van der Waals surface area (Å²) < 4.78 is 148. The summed E-state index contributed by atoms with van der Waals surface area (Å²) in [6.07, 6.45) is -17.4. The minimum Gasteiger partial charge on any atom is -0.421 e. The van der Waals surface area contributed by atoms with E-state index in [4.69, 9.17) is 5.73 Å². The Hall–Kier alpha value is -4.23. The minimum atomic E-state index is -5.14. The van der Waals surface area contributed by atoms with Crippen LogP contribution in [0.2, 0.25) is 0 Å². The van der Waals surface area contributed by atoms with E-state index in [0.717, 1.165) is 21.8 Å². The quantitative estimate of drug-likeness (QED) is 0.202. The monoisotopic (exact) mass is 777 g/mol. The van der Waals surface area contributed by atoms with Crippen LogP contribution in [0.1, 0.15) is 61.3 Å². The Balaban J connectivity index is 0.00000605. The van der Waals surface area contributed by atoms with Gasteiger partial charge >= 0.3 is 24.6 Å². The van der Waals surface area contributed by atoms with Crippen molar-refractivity contribution in [1.29, 1.82) is 0 Å². The third kappa shape index (κ3) is 9.22. The molecule has 1 amide bonds. The Morgan fingerprint density at radius 2 is 1.40 bits per heavy atom. The molecule has 1 aliphatic carbocycles. The van der Waals surface area contributed by atoms with Gasteiger partial charge < -0.3 is 25.0 Å². The van der Waals surface area contributed by atoms with Crippen molar-refractivity contribution in [3.63, 3.8) is 0 Å². The van der Waals surface area contributed by atoms with Gasteiger partial charge in [-0.3, -0.25) is 4.79 Å². The van der Waals surface area contributed by atoms with Gasteiger partial charge in [-0.25, -0.2) is 0 Å². The average Bonchev–Trinajstić information content (AvgIpc) is 3.45. The van der Waals surface area contributed by atoms with Gasteiger partial charge in [0.15, 0.2) is 11.5 Å². The van der Waals surface area contributed by atoms with Crippen molar-refractivity contribution in [1.82, 2.24) is 20.2 Å². The third-order valence-corrected chi connectivity index (χ3v) is 8.78. The van der Waals surface area contributed by atoms with Crippen LogP contribution in [0.25, 0.3) is 0 Å². The predicted molar refractivity (Wildman–Crippen MR) is 167 cm³/mol. The number of hydrogen-bond donors (Lipinski definition) is 1. The van der Waals surface area contributed by atoms with E-state index in [9.17, 15) is 48.7 Å². The molecule has 21 heteroatoms. The second-order valence-electron chi connectivity index (χ2n) is 12.6. The number of halogens is 11. The summed E-state index contributed by atoms with van der Waals surface area (Å²) in [6, 6.07) is 3.10. The first-order chi connectivity index (χ1) is 23.6. The van der Waals surface area contributed by atoms with Crippen molar-refractivity contribution < 1.29 is 58.2 Å². The number of fused-ring (bicyclic) bond motifs is 1. The van der Waals surface area contributed by atoms with Gasteiger partial charge in [-0.15, -0.1) is 17.5 Å². The number of primary amides is 1. The van der Waals surface area contributed by atoms with Crippen LogP contribution in [0.4, 0.5) is 55.5 Å². The van der Waals surface area contributed by atoms with E-state index in [1.807, 2.05) is 0 Å². The van der Waals surface area contributed by atoms with Crippen LogP contribution >= 0.6 is 12.4 Å². The van der Waals surface area contributed by atoms with Crippen LogP contribution in [0.3, 0.4) is 0 Å². The van der Waals surface area contributed by atoms with Crippen LogP contribution < -0.4 is 25.0 Å². The fourth-order valence-electron chi connectivity index (χ4n) is 6.31. The molecular weight excluding hydrogens is 744 g/mol. The molecule has 2 aliphatic rings. The topological polar surface area (TPSA) is 112 Å². The smallest absolute Gasteiger partial charge is 0.421 e. The molecule has 2 heterocycles. The number of benzene rings is 2. The summed E-state index contributed by atoms with van der Waals surface area (Å²) in [5.74, 6) is -2.02. The first-order valence-corrected chi connectivity index (χ1v) is 15.8. The third-order valence-electron chi connectivity index (χ3n) is 8.78. The van der Waals surface area contributed by atoms with E-state index in [-0.39, 0.29) is 60.5 Å². The molecule has 0 saturated heterocycles. The maximum absolute atomic E-state index is 14.3. The SMILES string of the molecule is CCN(CC1CCC(CC(N)=O)CC1)c1cc2c(cc1CN(Cc1cc(C(F)(F)F)cc(C(F)(F)F)c1)c1nnn(C)n1)OC(F)(F)C(F)(F)O2.Cl. The van der Waals surface area contributed by atoms with Gasteiger partial charge in [-0.05, 0) is 85.0 Å². The van der Waals surface area contributed by atoms with E-state index >= 15 is 0 Å². The second-order valence-corrected chi connectivity index (χ2v) is 12.6. The van der Waals surface area contributed by atoms with Gasteiger partial charge in [0.1, 0.15) is 0 Å². The van der Waals surface area contributed by atoms with Gasteiger partial charge in [0, 0.05) is 44.4 Å². The molecule has 1 aromatic heterocycles. The molecule has 0 spiro atoms. The highest BCUT2D eigenvalue weighted by Gasteiger charge is 2.66. The zero-order valence-corrected chi connectivity index (χ0v) is 28.4. The maximum Gasteiger partial charge on any atom is 0.507 e. The maximum atomic E-state index is 14.3. The second kappa shape index (κ2) is 15.0. The fraction of sp³-hybridized carbons (Fsp3) is 0.548. The number of rotatable bonds is 11. The molecule has 3 aromatic rings. The predicted octanol–water partition coefficient (Wildman–Crippen LogP) is 7.34. The fourth-order valence-corrected chi connectivity index (χ4v) is 6.31. The van der Waals surface area contributed by atoms with Crippen LogP contribution in [-0.4, -0.2) is 51.4 Å². The molecule has 52 heavy (non-hydrogen) atoms. The highest BCUT2D eigenvalue weighted by molar-refractivity contribution is 5.85. The van der Waals surface area contributed by atoms with Crippen molar-refractivity contribution in [2.75, 3.05) is 22.9 Å². The first-order valence-electron chi connectivity index (χ1n) is 15.8. The van der Waals surface area contributed by atoms with Gasteiger partial charge in [0.05, 0.1) is 18.2 Å². The van der Waals surface area contributed by atoms with E-state index in [1.54, 1.807) is 11.8 Å². The lowest BCUT2D eigenvalue weighted by Crippen LogP contribution is -2.52.